The second-order valence-electron chi connectivity index (χ2n) is 4.27. The second kappa shape index (κ2) is 7.10. The van der Waals surface area contributed by atoms with Crippen LogP contribution in [0.1, 0.15) is 49.2 Å². The third-order valence-corrected chi connectivity index (χ3v) is 3.65. The van der Waals surface area contributed by atoms with Crippen molar-refractivity contribution >= 4 is 22.2 Å². The highest BCUT2D eigenvalue weighted by Gasteiger charge is 2.16. The van der Waals surface area contributed by atoms with E-state index in [1.807, 2.05) is 6.92 Å². The molecule has 1 aromatic rings. The topological polar surface area (TPSA) is 72.2 Å². The van der Waals surface area contributed by atoms with E-state index in [4.69, 9.17) is 0 Å². The fourth-order valence-electron chi connectivity index (χ4n) is 1.62. The molecule has 1 N–H and O–H groups in total. The van der Waals surface area contributed by atoms with Gasteiger partial charge in [-0.3, -0.25) is 14.9 Å². The van der Waals surface area contributed by atoms with Gasteiger partial charge < -0.3 is 5.32 Å². The van der Waals surface area contributed by atoms with E-state index in [0.717, 1.165) is 37.0 Å². The first-order chi connectivity index (χ1) is 8.54. The molecule has 1 aromatic heterocycles. The van der Waals surface area contributed by atoms with Crippen molar-refractivity contribution in [3.8, 4) is 0 Å². The summed E-state index contributed by atoms with van der Waals surface area (Å²) in [5.74, 6) is -0.225. The predicted molar refractivity (Wildman–Crippen MR) is 72.0 cm³/mol. The summed E-state index contributed by atoms with van der Waals surface area (Å²) in [4.78, 5) is 22.2. The number of amides is 1. The van der Waals surface area contributed by atoms with Crippen molar-refractivity contribution in [3.05, 3.63) is 27.1 Å². The van der Waals surface area contributed by atoms with Gasteiger partial charge in [-0.2, -0.15) is 0 Å². The summed E-state index contributed by atoms with van der Waals surface area (Å²) in [6, 6.07) is 2.96. The molecule has 0 spiro atoms. The number of nitrogens with zero attached hydrogens (tertiary/aromatic N) is 1. The van der Waals surface area contributed by atoms with Crippen molar-refractivity contribution in [2.75, 3.05) is 0 Å². The van der Waals surface area contributed by atoms with Crippen molar-refractivity contribution in [2.45, 2.75) is 45.6 Å². The van der Waals surface area contributed by atoms with Gasteiger partial charge >= 0.3 is 5.00 Å². The molecule has 0 radical (unpaired) electrons. The van der Waals surface area contributed by atoms with Crippen LogP contribution in [-0.4, -0.2) is 16.9 Å². The zero-order valence-electron chi connectivity index (χ0n) is 10.6. The van der Waals surface area contributed by atoms with Crippen molar-refractivity contribution in [3.63, 3.8) is 0 Å². The van der Waals surface area contributed by atoms with Crippen LogP contribution >= 0.6 is 11.3 Å². The van der Waals surface area contributed by atoms with E-state index >= 15 is 0 Å². The second-order valence-corrected chi connectivity index (χ2v) is 5.33. The van der Waals surface area contributed by atoms with Crippen molar-refractivity contribution in [1.82, 2.24) is 5.32 Å². The standard InChI is InChI=1S/C12H18N2O3S/c1-3-4-5-6-9(2)13-12(15)10-7-8-11(18-10)14(16)17/h7-9H,3-6H2,1-2H3,(H,13,15)/t9-/m1/s1. The van der Waals surface area contributed by atoms with Crippen LogP contribution in [0.5, 0.6) is 0 Å². The monoisotopic (exact) mass is 270 g/mol. The Morgan fingerprint density at radius 1 is 1.50 bits per heavy atom. The molecule has 0 saturated carbocycles. The molecular weight excluding hydrogens is 252 g/mol. The Bertz CT molecular complexity index is 417. The van der Waals surface area contributed by atoms with Crippen LogP contribution in [-0.2, 0) is 0 Å². The third-order valence-electron chi connectivity index (χ3n) is 2.61. The Hall–Kier alpha value is -1.43. The van der Waals surface area contributed by atoms with Gasteiger partial charge in [0.2, 0.25) is 0 Å². The Kier molecular flexibility index (Phi) is 5.77. The van der Waals surface area contributed by atoms with Gasteiger partial charge in [-0.15, -0.1) is 0 Å². The molecule has 100 valence electrons. The van der Waals surface area contributed by atoms with Gasteiger partial charge in [-0.25, -0.2) is 0 Å². The minimum absolute atomic E-state index is 0.00112. The molecule has 0 fully saturated rings. The first kappa shape index (κ1) is 14.6. The first-order valence-electron chi connectivity index (χ1n) is 6.09. The van der Waals surface area contributed by atoms with Crippen LogP contribution in [0.15, 0.2) is 12.1 Å². The van der Waals surface area contributed by atoms with Gasteiger partial charge in [-0.05, 0) is 19.4 Å². The largest absolute Gasteiger partial charge is 0.349 e. The van der Waals surface area contributed by atoms with Crippen LogP contribution in [0.25, 0.3) is 0 Å². The van der Waals surface area contributed by atoms with E-state index in [2.05, 4.69) is 12.2 Å². The average molecular weight is 270 g/mol. The van der Waals surface area contributed by atoms with Crippen molar-refractivity contribution in [2.24, 2.45) is 0 Å². The number of nitro groups is 1. The maximum atomic E-state index is 11.8. The molecule has 0 bridgehead atoms. The number of hydrogen-bond donors (Lipinski definition) is 1. The quantitative estimate of drug-likeness (QED) is 0.469. The highest BCUT2D eigenvalue weighted by Crippen LogP contribution is 2.23. The number of nitrogens with one attached hydrogen (secondary N) is 1. The zero-order valence-corrected chi connectivity index (χ0v) is 11.5. The first-order valence-corrected chi connectivity index (χ1v) is 6.91. The number of carbonyl (C=O) groups excluding carboxylic acids is 1. The van der Waals surface area contributed by atoms with Crippen LogP contribution in [0.3, 0.4) is 0 Å². The molecule has 1 heterocycles. The fourth-order valence-corrected chi connectivity index (χ4v) is 2.34. The van der Waals surface area contributed by atoms with Crippen molar-refractivity contribution < 1.29 is 9.72 Å². The molecule has 0 aliphatic rings. The number of thiophene rings is 1. The number of rotatable bonds is 7. The van der Waals surface area contributed by atoms with Gasteiger partial charge in [0, 0.05) is 12.1 Å². The van der Waals surface area contributed by atoms with E-state index in [0.29, 0.717) is 4.88 Å². The van der Waals surface area contributed by atoms with E-state index in [1.54, 1.807) is 0 Å². The maximum absolute atomic E-state index is 11.8. The average Bonchev–Trinajstić information content (AvgIpc) is 2.78. The molecule has 0 aliphatic carbocycles. The smallest absolute Gasteiger partial charge is 0.324 e. The summed E-state index contributed by atoms with van der Waals surface area (Å²) in [7, 11) is 0. The molecule has 0 saturated heterocycles. The highest BCUT2D eigenvalue weighted by molar-refractivity contribution is 7.17. The Morgan fingerprint density at radius 2 is 2.22 bits per heavy atom. The molecule has 1 amide bonds. The van der Waals surface area contributed by atoms with E-state index in [9.17, 15) is 14.9 Å². The molecule has 6 heteroatoms. The number of carbonyl (C=O) groups is 1. The number of hydrogen-bond acceptors (Lipinski definition) is 4. The van der Waals surface area contributed by atoms with Crippen LogP contribution < -0.4 is 5.32 Å². The molecule has 18 heavy (non-hydrogen) atoms. The van der Waals surface area contributed by atoms with Crippen LogP contribution in [0.4, 0.5) is 5.00 Å². The summed E-state index contributed by atoms with van der Waals surface area (Å²) >= 11 is 0.908. The summed E-state index contributed by atoms with van der Waals surface area (Å²) in [5, 5.41) is 13.4. The molecular formula is C12H18N2O3S. The lowest BCUT2D eigenvalue weighted by molar-refractivity contribution is -0.380. The number of unbranched alkanes of at least 4 members (excludes halogenated alkanes) is 2. The minimum Gasteiger partial charge on any atom is -0.349 e. The molecule has 5 nitrogen and oxygen atoms in total. The lowest BCUT2D eigenvalue weighted by Gasteiger charge is -2.12. The van der Waals surface area contributed by atoms with Gasteiger partial charge in [0.05, 0.1) is 9.80 Å². The fraction of sp³-hybridized carbons (Fsp3) is 0.583. The molecule has 0 aromatic carbocycles. The molecule has 1 rings (SSSR count). The van der Waals surface area contributed by atoms with Crippen LogP contribution in [0, 0.1) is 10.1 Å². The molecule has 0 unspecified atom stereocenters. The van der Waals surface area contributed by atoms with Crippen LogP contribution in [0.2, 0.25) is 0 Å². The van der Waals surface area contributed by atoms with Gasteiger partial charge in [0.25, 0.3) is 5.91 Å². The zero-order chi connectivity index (χ0) is 13.5. The summed E-state index contributed by atoms with van der Waals surface area (Å²) in [5.41, 5.74) is 0. The Morgan fingerprint density at radius 3 is 2.78 bits per heavy atom. The summed E-state index contributed by atoms with van der Waals surface area (Å²) < 4.78 is 0. The minimum atomic E-state index is -0.480. The Balaban J connectivity index is 2.46. The van der Waals surface area contributed by atoms with E-state index < -0.39 is 4.92 Å². The lowest BCUT2D eigenvalue weighted by Crippen LogP contribution is -2.31. The SMILES string of the molecule is CCCCC[C@@H](C)NC(=O)c1ccc([N+](=O)[O-])s1. The molecule has 0 aliphatic heterocycles. The van der Waals surface area contributed by atoms with E-state index in [1.165, 1.54) is 12.1 Å². The maximum Gasteiger partial charge on any atom is 0.324 e. The summed E-state index contributed by atoms with van der Waals surface area (Å²) in [6.07, 6.45) is 4.33. The van der Waals surface area contributed by atoms with Gasteiger partial charge in [0.15, 0.2) is 0 Å². The normalized spacial score (nSPS) is 12.1. The van der Waals surface area contributed by atoms with E-state index in [-0.39, 0.29) is 17.0 Å². The third kappa shape index (κ3) is 4.44. The lowest BCUT2D eigenvalue weighted by atomic mass is 10.1. The predicted octanol–water partition coefficient (Wildman–Crippen LogP) is 3.35. The highest BCUT2D eigenvalue weighted by atomic mass is 32.1. The van der Waals surface area contributed by atoms with Gasteiger partial charge in [-0.1, -0.05) is 37.5 Å². The van der Waals surface area contributed by atoms with Gasteiger partial charge in [0.1, 0.15) is 0 Å². The van der Waals surface area contributed by atoms with Crippen molar-refractivity contribution in [1.29, 1.82) is 0 Å². The summed E-state index contributed by atoms with van der Waals surface area (Å²) in [6.45, 7) is 4.09. The Labute approximate surface area is 110 Å². The molecule has 1 atom stereocenters.